The second kappa shape index (κ2) is 8.67. The molecule has 2 aromatic heterocycles. The van der Waals surface area contributed by atoms with Crippen molar-refractivity contribution in [3.8, 4) is 5.75 Å². The predicted octanol–water partition coefficient (Wildman–Crippen LogP) is 5.39. The number of hydrogen-bond acceptors (Lipinski definition) is 6. The van der Waals surface area contributed by atoms with E-state index in [0.717, 1.165) is 51.6 Å². The van der Waals surface area contributed by atoms with Crippen LogP contribution in [0.1, 0.15) is 43.4 Å². The molecule has 2 bridgehead atoms. The number of nitrogens with zero attached hydrogens (tertiary/aromatic N) is 2. The minimum absolute atomic E-state index is 0.0588. The van der Waals surface area contributed by atoms with Gasteiger partial charge >= 0.3 is 0 Å². The number of thiazole rings is 1. The number of hydrogen-bond donors (Lipinski definition) is 1. The molecule has 1 amide bonds. The molecule has 2 aliphatic rings. The second-order valence-electron chi connectivity index (χ2n) is 9.32. The maximum atomic E-state index is 13.9. The molecule has 0 spiro atoms. The topological polar surface area (TPSA) is 67.6 Å². The van der Waals surface area contributed by atoms with Gasteiger partial charge in [-0.3, -0.25) is 9.69 Å². The maximum Gasteiger partial charge on any atom is 0.217 e. The van der Waals surface area contributed by atoms with Crippen molar-refractivity contribution in [2.45, 2.75) is 63.9 Å². The number of carbonyl (C=O) groups is 1. The number of rotatable bonds is 6. The molecule has 0 radical (unpaired) electrons. The van der Waals surface area contributed by atoms with E-state index >= 15 is 0 Å². The fraction of sp³-hybridized carbons (Fsp3) is 0.385. The summed E-state index contributed by atoms with van der Waals surface area (Å²) in [6.07, 6.45) is 4.36. The van der Waals surface area contributed by atoms with Gasteiger partial charge in [0.15, 0.2) is 0 Å². The van der Waals surface area contributed by atoms with E-state index in [0.29, 0.717) is 24.2 Å². The lowest BCUT2D eigenvalue weighted by Gasteiger charge is -2.38. The van der Waals surface area contributed by atoms with Crippen LogP contribution in [-0.4, -0.2) is 33.9 Å². The third-order valence-electron chi connectivity index (χ3n) is 6.95. The van der Waals surface area contributed by atoms with Crippen LogP contribution in [0.5, 0.6) is 5.75 Å². The van der Waals surface area contributed by atoms with Crippen molar-refractivity contribution >= 4 is 38.4 Å². The van der Waals surface area contributed by atoms with Crippen LogP contribution in [0.2, 0.25) is 0 Å². The quantitative estimate of drug-likeness (QED) is 0.402. The average Bonchev–Trinajstić information content (AvgIpc) is 3.46. The molecule has 4 heterocycles. The first-order valence-electron chi connectivity index (χ1n) is 11.7. The summed E-state index contributed by atoms with van der Waals surface area (Å²) in [5.41, 5.74) is 1.24. The first kappa shape index (κ1) is 21.6. The highest BCUT2D eigenvalue weighted by Gasteiger charge is 2.41. The van der Waals surface area contributed by atoms with Crippen LogP contribution in [0.4, 0.5) is 4.39 Å². The molecule has 6 rings (SSSR count). The van der Waals surface area contributed by atoms with Crippen molar-refractivity contribution in [2.75, 3.05) is 0 Å². The van der Waals surface area contributed by atoms with E-state index in [-0.39, 0.29) is 17.8 Å². The fourth-order valence-corrected chi connectivity index (χ4v) is 6.42. The number of ether oxygens (including phenoxy) is 1. The zero-order valence-electron chi connectivity index (χ0n) is 18.9. The molecule has 2 aromatic carbocycles. The Morgan fingerprint density at radius 1 is 1.24 bits per heavy atom. The zero-order chi connectivity index (χ0) is 23.2. The minimum Gasteiger partial charge on any atom is -0.486 e. The standard InChI is InChI=1S/C26H26FN3O3S/c1-15(31)28-17-11-18-5-6-19(12-17)30(18)13-21-10-16-9-20(7-8-23(16)33-21)32-14-25-29-26-22(27)3-2-4-24(26)34-25/h2-4,7-10,17-19H,5-6,11-14H2,1H3,(H,28,31)/t17?,18-,19?/m1/s1. The fourth-order valence-electron chi connectivity index (χ4n) is 5.53. The molecule has 6 nitrogen and oxygen atoms in total. The van der Waals surface area contributed by atoms with Gasteiger partial charge in [0, 0.05) is 30.4 Å². The molecule has 176 valence electrons. The summed E-state index contributed by atoms with van der Waals surface area (Å²) in [5.74, 6) is 1.43. The van der Waals surface area contributed by atoms with Crippen LogP contribution in [0.15, 0.2) is 46.9 Å². The van der Waals surface area contributed by atoms with Crippen LogP contribution < -0.4 is 10.1 Å². The van der Waals surface area contributed by atoms with Crippen molar-refractivity contribution in [1.29, 1.82) is 0 Å². The summed E-state index contributed by atoms with van der Waals surface area (Å²) in [6.45, 7) is 2.67. The van der Waals surface area contributed by atoms with Crippen molar-refractivity contribution in [2.24, 2.45) is 0 Å². The number of aromatic nitrogens is 1. The third-order valence-corrected chi connectivity index (χ3v) is 7.94. The highest BCUT2D eigenvalue weighted by molar-refractivity contribution is 7.18. The molecule has 1 N–H and O–H groups in total. The first-order chi connectivity index (χ1) is 16.5. The number of piperidine rings is 1. The third kappa shape index (κ3) is 4.16. The second-order valence-corrected chi connectivity index (χ2v) is 10.4. The first-order valence-corrected chi connectivity index (χ1v) is 12.6. The molecule has 0 aliphatic carbocycles. The van der Waals surface area contributed by atoms with Gasteiger partial charge in [-0.2, -0.15) is 0 Å². The zero-order valence-corrected chi connectivity index (χ0v) is 19.7. The van der Waals surface area contributed by atoms with Crippen LogP contribution in [0.3, 0.4) is 0 Å². The molecule has 3 atom stereocenters. The van der Waals surface area contributed by atoms with Gasteiger partial charge in [0.1, 0.15) is 40.0 Å². The van der Waals surface area contributed by atoms with E-state index in [9.17, 15) is 9.18 Å². The summed E-state index contributed by atoms with van der Waals surface area (Å²) < 4.78 is 26.8. The number of para-hydroxylation sites is 1. The van der Waals surface area contributed by atoms with Gasteiger partial charge in [-0.25, -0.2) is 9.37 Å². The number of benzene rings is 2. The average molecular weight is 480 g/mol. The number of carbonyl (C=O) groups excluding carboxylic acids is 1. The molecule has 2 aliphatic heterocycles. The minimum atomic E-state index is -0.305. The summed E-state index contributed by atoms with van der Waals surface area (Å²) >= 11 is 1.44. The number of nitrogens with one attached hydrogen (secondary N) is 1. The van der Waals surface area contributed by atoms with Crippen LogP contribution in [-0.2, 0) is 17.9 Å². The molecule has 2 unspecified atom stereocenters. The lowest BCUT2D eigenvalue weighted by molar-refractivity contribution is -0.120. The van der Waals surface area contributed by atoms with Gasteiger partial charge in [-0.05, 0) is 62.1 Å². The maximum absolute atomic E-state index is 13.9. The summed E-state index contributed by atoms with van der Waals surface area (Å²) in [5, 5.41) is 4.85. The molecule has 2 fully saturated rings. The Morgan fingerprint density at radius 3 is 2.82 bits per heavy atom. The summed E-state index contributed by atoms with van der Waals surface area (Å²) in [4.78, 5) is 18.4. The molecule has 4 aromatic rings. The van der Waals surface area contributed by atoms with Gasteiger partial charge in [-0.15, -0.1) is 11.3 Å². The molecule has 34 heavy (non-hydrogen) atoms. The van der Waals surface area contributed by atoms with Crippen LogP contribution in [0, 0.1) is 5.82 Å². The van der Waals surface area contributed by atoms with Crippen molar-refractivity contribution in [3.63, 3.8) is 0 Å². The highest BCUT2D eigenvalue weighted by atomic mass is 32.1. The molecule has 2 saturated heterocycles. The van der Waals surface area contributed by atoms with Gasteiger partial charge in [-0.1, -0.05) is 6.07 Å². The van der Waals surface area contributed by atoms with Crippen molar-refractivity contribution in [3.05, 3.63) is 59.0 Å². The normalized spacial score (nSPS) is 22.5. The number of fused-ring (bicyclic) bond motifs is 4. The molecule has 8 heteroatoms. The number of amides is 1. The lowest BCUT2D eigenvalue weighted by atomic mass is 9.97. The van der Waals surface area contributed by atoms with E-state index in [4.69, 9.17) is 9.15 Å². The Bertz CT molecular complexity index is 1350. The Hall–Kier alpha value is -2.97. The number of halogens is 1. The Morgan fingerprint density at radius 2 is 2.06 bits per heavy atom. The predicted molar refractivity (Wildman–Crippen MR) is 129 cm³/mol. The molecular formula is C26H26FN3O3S. The van der Waals surface area contributed by atoms with Gasteiger partial charge in [0.25, 0.3) is 0 Å². The largest absolute Gasteiger partial charge is 0.486 e. The van der Waals surface area contributed by atoms with E-state index in [1.165, 1.54) is 30.2 Å². The molecular weight excluding hydrogens is 453 g/mol. The van der Waals surface area contributed by atoms with Crippen LogP contribution >= 0.6 is 11.3 Å². The Labute approximate surface area is 200 Å². The van der Waals surface area contributed by atoms with E-state index in [1.807, 2.05) is 24.3 Å². The highest BCUT2D eigenvalue weighted by Crippen LogP contribution is 2.37. The van der Waals surface area contributed by atoms with Gasteiger partial charge in [0.05, 0.1) is 11.2 Å². The summed E-state index contributed by atoms with van der Waals surface area (Å²) in [7, 11) is 0. The van der Waals surface area contributed by atoms with Gasteiger partial charge in [0.2, 0.25) is 5.91 Å². The lowest BCUT2D eigenvalue weighted by Crippen LogP contribution is -2.49. The monoisotopic (exact) mass is 479 g/mol. The molecule has 0 saturated carbocycles. The smallest absolute Gasteiger partial charge is 0.217 e. The summed E-state index contributed by atoms with van der Waals surface area (Å²) in [6, 6.07) is 14.2. The Balaban J connectivity index is 1.13. The van der Waals surface area contributed by atoms with Gasteiger partial charge < -0.3 is 14.5 Å². The van der Waals surface area contributed by atoms with E-state index in [2.05, 4.69) is 21.3 Å². The van der Waals surface area contributed by atoms with E-state index < -0.39 is 0 Å². The van der Waals surface area contributed by atoms with Crippen molar-refractivity contribution < 1.29 is 18.3 Å². The number of furan rings is 1. The Kier molecular flexibility index (Phi) is 5.50. The SMILES string of the molecule is CC(=O)NC1CC2CC[C@H](C1)N2Cc1cc2cc(OCc3nc4c(F)cccc4s3)ccc2o1. The van der Waals surface area contributed by atoms with Crippen molar-refractivity contribution in [1.82, 2.24) is 15.2 Å². The van der Waals surface area contributed by atoms with Crippen LogP contribution in [0.25, 0.3) is 21.2 Å². The van der Waals surface area contributed by atoms with E-state index in [1.54, 1.807) is 13.0 Å².